The van der Waals surface area contributed by atoms with Crippen molar-refractivity contribution in [3.63, 3.8) is 0 Å². The van der Waals surface area contributed by atoms with Gasteiger partial charge in [-0.15, -0.1) is 0 Å². The average Bonchev–Trinajstić information content (AvgIpc) is 3.23. The average molecular weight is 369 g/mol. The second kappa shape index (κ2) is 9.28. The fourth-order valence-electron chi connectivity index (χ4n) is 3.46. The number of anilines is 1. The van der Waals surface area contributed by atoms with Crippen LogP contribution in [0.3, 0.4) is 0 Å². The molecule has 1 saturated heterocycles. The van der Waals surface area contributed by atoms with E-state index in [4.69, 9.17) is 9.47 Å². The van der Waals surface area contributed by atoms with Crippen molar-refractivity contribution in [2.24, 2.45) is 0 Å². The molecule has 6 heteroatoms. The first kappa shape index (κ1) is 19.0. The van der Waals surface area contributed by atoms with Crippen LogP contribution in [0.1, 0.15) is 24.4 Å². The third kappa shape index (κ3) is 4.92. The van der Waals surface area contributed by atoms with E-state index in [9.17, 15) is 4.79 Å². The zero-order valence-electron chi connectivity index (χ0n) is 15.9. The topological polar surface area (TPSA) is 62.8 Å². The second-order valence-electron chi connectivity index (χ2n) is 6.57. The highest BCUT2D eigenvalue weighted by atomic mass is 16.5. The van der Waals surface area contributed by atoms with Crippen LogP contribution in [0.15, 0.2) is 48.5 Å². The Balaban J connectivity index is 1.68. The van der Waals surface area contributed by atoms with Crippen molar-refractivity contribution in [3.8, 4) is 11.5 Å². The van der Waals surface area contributed by atoms with Gasteiger partial charge in [-0.2, -0.15) is 0 Å². The minimum absolute atomic E-state index is 0.117. The van der Waals surface area contributed by atoms with Gasteiger partial charge in [0.05, 0.1) is 25.9 Å². The molecule has 1 fully saturated rings. The van der Waals surface area contributed by atoms with Gasteiger partial charge in [-0.3, -0.25) is 4.90 Å². The fraction of sp³-hybridized carbons (Fsp3) is 0.381. The molecule has 0 aliphatic carbocycles. The highest BCUT2D eigenvalue weighted by Crippen LogP contribution is 2.27. The number of hydrogen-bond acceptors (Lipinski definition) is 4. The molecule has 2 amide bonds. The van der Waals surface area contributed by atoms with Gasteiger partial charge in [-0.25, -0.2) is 4.79 Å². The summed E-state index contributed by atoms with van der Waals surface area (Å²) in [5.41, 5.74) is 1.80. The lowest BCUT2D eigenvalue weighted by atomic mass is 10.1. The molecule has 144 valence electrons. The number of para-hydroxylation sites is 2. The highest BCUT2D eigenvalue weighted by Gasteiger charge is 2.24. The van der Waals surface area contributed by atoms with Crippen molar-refractivity contribution in [1.82, 2.24) is 10.2 Å². The van der Waals surface area contributed by atoms with E-state index in [2.05, 4.69) is 21.6 Å². The van der Waals surface area contributed by atoms with Gasteiger partial charge in [-0.05, 0) is 55.8 Å². The second-order valence-corrected chi connectivity index (χ2v) is 6.57. The van der Waals surface area contributed by atoms with Crippen LogP contribution in [0.4, 0.5) is 10.5 Å². The largest absolute Gasteiger partial charge is 0.497 e. The van der Waals surface area contributed by atoms with Gasteiger partial charge in [0.15, 0.2) is 0 Å². The molecule has 0 aromatic heterocycles. The van der Waals surface area contributed by atoms with E-state index in [1.165, 1.54) is 12.8 Å². The maximum Gasteiger partial charge on any atom is 0.319 e. The summed E-state index contributed by atoms with van der Waals surface area (Å²) in [5, 5.41) is 5.87. The van der Waals surface area contributed by atoms with Gasteiger partial charge in [0.2, 0.25) is 0 Å². The number of urea groups is 1. The molecule has 2 aromatic carbocycles. The Kier molecular flexibility index (Phi) is 6.54. The van der Waals surface area contributed by atoms with Crippen LogP contribution in [0.2, 0.25) is 0 Å². The molecule has 3 rings (SSSR count). The van der Waals surface area contributed by atoms with E-state index >= 15 is 0 Å². The zero-order chi connectivity index (χ0) is 19.1. The van der Waals surface area contributed by atoms with Gasteiger partial charge in [-0.1, -0.05) is 24.3 Å². The number of rotatable bonds is 7. The van der Waals surface area contributed by atoms with Crippen molar-refractivity contribution in [1.29, 1.82) is 0 Å². The summed E-state index contributed by atoms with van der Waals surface area (Å²) in [6.45, 7) is 2.60. The smallest absolute Gasteiger partial charge is 0.319 e. The van der Waals surface area contributed by atoms with E-state index in [0.29, 0.717) is 18.0 Å². The lowest BCUT2D eigenvalue weighted by molar-refractivity contribution is 0.227. The molecule has 1 aliphatic heterocycles. The summed E-state index contributed by atoms with van der Waals surface area (Å²) >= 11 is 0. The number of amides is 2. The fourth-order valence-corrected chi connectivity index (χ4v) is 3.46. The molecule has 2 N–H and O–H groups in total. The first-order chi connectivity index (χ1) is 13.2. The van der Waals surface area contributed by atoms with Gasteiger partial charge >= 0.3 is 6.03 Å². The number of benzene rings is 2. The summed E-state index contributed by atoms with van der Waals surface area (Å²) in [4.78, 5) is 14.8. The summed E-state index contributed by atoms with van der Waals surface area (Å²) in [6, 6.07) is 15.3. The Morgan fingerprint density at radius 1 is 1.07 bits per heavy atom. The minimum Gasteiger partial charge on any atom is -0.497 e. The Hall–Kier alpha value is -2.73. The van der Waals surface area contributed by atoms with Crippen molar-refractivity contribution >= 4 is 11.7 Å². The Morgan fingerprint density at radius 3 is 2.59 bits per heavy atom. The maximum absolute atomic E-state index is 12.4. The van der Waals surface area contributed by atoms with Crippen LogP contribution in [0.5, 0.6) is 11.5 Å². The molecular weight excluding hydrogens is 342 g/mol. The molecular formula is C21H27N3O3. The van der Waals surface area contributed by atoms with Crippen LogP contribution in [-0.4, -0.2) is 44.8 Å². The molecule has 2 aromatic rings. The number of nitrogens with one attached hydrogen (secondary N) is 2. The number of hydrogen-bond donors (Lipinski definition) is 2. The van der Waals surface area contributed by atoms with Crippen LogP contribution >= 0.6 is 0 Å². The number of likely N-dealkylation sites (tertiary alicyclic amines) is 1. The quantitative estimate of drug-likeness (QED) is 0.782. The number of nitrogens with zero attached hydrogens (tertiary/aromatic N) is 1. The number of carbonyl (C=O) groups excluding carboxylic acids is 1. The van der Waals surface area contributed by atoms with E-state index in [1.807, 2.05) is 42.5 Å². The number of ether oxygens (including phenoxy) is 2. The zero-order valence-corrected chi connectivity index (χ0v) is 15.9. The SMILES string of the molecule is COc1cccc(C(CNC(=O)Nc2ccccc2OC)N2CCCC2)c1. The maximum atomic E-state index is 12.4. The molecule has 27 heavy (non-hydrogen) atoms. The Bertz CT molecular complexity index is 760. The number of carbonyl (C=O) groups is 1. The van der Waals surface area contributed by atoms with Gasteiger partial charge in [0.1, 0.15) is 11.5 Å². The molecule has 1 heterocycles. The van der Waals surface area contributed by atoms with Crippen molar-refractivity contribution in [2.45, 2.75) is 18.9 Å². The number of methoxy groups -OCH3 is 2. The Morgan fingerprint density at radius 2 is 1.85 bits per heavy atom. The van der Waals surface area contributed by atoms with E-state index in [0.717, 1.165) is 24.4 Å². The molecule has 1 atom stereocenters. The minimum atomic E-state index is -0.244. The summed E-state index contributed by atoms with van der Waals surface area (Å²) < 4.78 is 10.6. The highest BCUT2D eigenvalue weighted by molar-refractivity contribution is 5.90. The van der Waals surface area contributed by atoms with Crippen molar-refractivity contribution < 1.29 is 14.3 Å². The predicted octanol–water partition coefficient (Wildman–Crippen LogP) is 3.66. The first-order valence-electron chi connectivity index (χ1n) is 9.27. The molecule has 1 aliphatic rings. The van der Waals surface area contributed by atoms with Gasteiger partial charge < -0.3 is 20.1 Å². The van der Waals surface area contributed by atoms with E-state index in [1.54, 1.807) is 14.2 Å². The molecule has 0 spiro atoms. The summed E-state index contributed by atoms with van der Waals surface area (Å²) in [7, 11) is 3.26. The molecule has 0 saturated carbocycles. The van der Waals surface area contributed by atoms with Gasteiger partial charge in [0, 0.05) is 6.54 Å². The first-order valence-corrected chi connectivity index (χ1v) is 9.27. The van der Waals surface area contributed by atoms with Crippen LogP contribution < -0.4 is 20.1 Å². The standard InChI is InChI=1S/C21H27N3O3/c1-26-17-9-7-8-16(14-17)19(24-12-5-6-13-24)15-22-21(25)23-18-10-3-4-11-20(18)27-2/h3-4,7-11,14,19H,5-6,12-13,15H2,1-2H3,(H2,22,23,25). The predicted molar refractivity (Wildman–Crippen MR) is 107 cm³/mol. The third-order valence-electron chi connectivity index (χ3n) is 4.87. The van der Waals surface area contributed by atoms with Crippen molar-refractivity contribution in [2.75, 3.05) is 39.2 Å². The summed E-state index contributed by atoms with van der Waals surface area (Å²) in [6.07, 6.45) is 2.38. The van der Waals surface area contributed by atoms with Crippen molar-refractivity contribution in [3.05, 3.63) is 54.1 Å². The van der Waals surface area contributed by atoms with Gasteiger partial charge in [0.25, 0.3) is 0 Å². The molecule has 1 unspecified atom stereocenters. The Labute approximate surface area is 160 Å². The molecule has 0 bridgehead atoms. The molecule has 6 nitrogen and oxygen atoms in total. The normalized spacial score (nSPS) is 15.2. The van der Waals surface area contributed by atoms with Crippen LogP contribution in [0, 0.1) is 0 Å². The van der Waals surface area contributed by atoms with Crippen LogP contribution in [0.25, 0.3) is 0 Å². The lowest BCUT2D eigenvalue weighted by Crippen LogP contribution is -2.38. The van der Waals surface area contributed by atoms with E-state index in [-0.39, 0.29) is 12.1 Å². The monoisotopic (exact) mass is 369 g/mol. The lowest BCUT2D eigenvalue weighted by Gasteiger charge is -2.28. The molecule has 0 radical (unpaired) electrons. The summed E-state index contributed by atoms with van der Waals surface area (Å²) in [5.74, 6) is 1.46. The van der Waals surface area contributed by atoms with E-state index < -0.39 is 0 Å². The van der Waals surface area contributed by atoms with Crippen LogP contribution in [-0.2, 0) is 0 Å². The third-order valence-corrected chi connectivity index (χ3v) is 4.87.